The predicted octanol–water partition coefficient (Wildman–Crippen LogP) is 1.34. The number of rotatable bonds is 6. The van der Waals surface area contributed by atoms with E-state index in [4.69, 9.17) is 4.52 Å². The molecule has 0 saturated heterocycles. The molecule has 0 spiro atoms. The second-order valence-corrected chi connectivity index (χ2v) is 7.51. The summed E-state index contributed by atoms with van der Waals surface area (Å²) in [5.41, 5.74) is 0.988. The average Bonchev–Trinajstić information content (AvgIpc) is 2.93. The number of amides is 1. The molecule has 0 aliphatic heterocycles. The Morgan fingerprint density at radius 2 is 1.85 bits per heavy atom. The average molecular weight is 381 g/mol. The molecule has 9 nitrogen and oxygen atoms in total. The van der Waals surface area contributed by atoms with Crippen LogP contribution in [-0.4, -0.2) is 50.5 Å². The Labute approximate surface area is 151 Å². The van der Waals surface area contributed by atoms with E-state index in [-0.39, 0.29) is 16.3 Å². The molecule has 26 heavy (non-hydrogen) atoms. The summed E-state index contributed by atoms with van der Waals surface area (Å²) in [5, 5.41) is 6.19. The van der Waals surface area contributed by atoms with Gasteiger partial charge in [0.15, 0.2) is 5.76 Å². The number of anilines is 1. The minimum absolute atomic E-state index is 0.0461. The first-order valence-electron chi connectivity index (χ1n) is 7.54. The molecule has 0 aliphatic carbocycles. The number of nitrogens with zero attached hydrogens (tertiary/aromatic N) is 2. The van der Waals surface area contributed by atoms with Crippen LogP contribution >= 0.6 is 0 Å². The number of carbonyl (C=O) groups excluding carboxylic acids is 2. The van der Waals surface area contributed by atoms with Crippen molar-refractivity contribution in [2.75, 3.05) is 26.0 Å². The number of methoxy groups -OCH3 is 1. The minimum Gasteiger partial charge on any atom is -0.465 e. The van der Waals surface area contributed by atoms with Crippen LogP contribution in [0.25, 0.3) is 0 Å². The number of nitrogens with one attached hydrogen (secondary N) is 1. The van der Waals surface area contributed by atoms with E-state index in [2.05, 4.69) is 15.2 Å². The van der Waals surface area contributed by atoms with Gasteiger partial charge in [-0.05, 0) is 38.1 Å². The summed E-state index contributed by atoms with van der Waals surface area (Å²) in [4.78, 5) is 23.5. The van der Waals surface area contributed by atoms with Crippen LogP contribution in [0.1, 0.15) is 21.8 Å². The highest BCUT2D eigenvalue weighted by Crippen LogP contribution is 2.22. The van der Waals surface area contributed by atoms with E-state index in [1.165, 1.54) is 52.3 Å². The van der Waals surface area contributed by atoms with Crippen molar-refractivity contribution in [3.05, 3.63) is 41.3 Å². The van der Waals surface area contributed by atoms with Crippen molar-refractivity contribution in [2.24, 2.45) is 0 Å². The standard InChI is InChI=1S/C16H19N3O6S/c1-10-15(11(2)25-18-10)26(22,23)19(3)9-14(20)17-13-7-5-12(6-8-13)16(21)24-4/h5-8H,9H2,1-4H3,(H,17,20). The monoisotopic (exact) mass is 381 g/mol. The molecular weight excluding hydrogens is 362 g/mol. The van der Waals surface area contributed by atoms with E-state index in [1.54, 1.807) is 0 Å². The first-order valence-corrected chi connectivity index (χ1v) is 8.98. The van der Waals surface area contributed by atoms with Gasteiger partial charge in [-0.3, -0.25) is 4.79 Å². The van der Waals surface area contributed by atoms with Crippen molar-refractivity contribution in [1.82, 2.24) is 9.46 Å². The third kappa shape index (κ3) is 4.09. The molecule has 1 heterocycles. The molecule has 0 bridgehead atoms. The van der Waals surface area contributed by atoms with E-state index in [9.17, 15) is 18.0 Å². The fraction of sp³-hybridized carbons (Fsp3) is 0.312. The molecule has 10 heteroatoms. The molecule has 1 aromatic heterocycles. The van der Waals surface area contributed by atoms with Crippen LogP contribution < -0.4 is 5.32 Å². The van der Waals surface area contributed by atoms with Crippen molar-refractivity contribution in [3.63, 3.8) is 0 Å². The Morgan fingerprint density at radius 3 is 2.35 bits per heavy atom. The molecule has 2 rings (SSSR count). The van der Waals surface area contributed by atoms with Crippen molar-refractivity contribution >= 4 is 27.6 Å². The topological polar surface area (TPSA) is 119 Å². The van der Waals surface area contributed by atoms with E-state index >= 15 is 0 Å². The molecule has 0 aliphatic rings. The molecule has 0 saturated carbocycles. The number of hydrogen-bond donors (Lipinski definition) is 1. The second-order valence-electron chi connectivity index (χ2n) is 5.53. The summed E-state index contributed by atoms with van der Waals surface area (Å²) in [6.45, 7) is 2.61. The van der Waals surface area contributed by atoms with Crippen LogP contribution in [0.5, 0.6) is 0 Å². The molecule has 1 N–H and O–H groups in total. The van der Waals surface area contributed by atoms with Gasteiger partial charge in [0.1, 0.15) is 10.6 Å². The summed E-state index contributed by atoms with van der Waals surface area (Å²) < 4.78 is 35.5. The number of likely N-dealkylation sites (N-methyl/N-ethyl adjacent to an activating group) is 1. The molecule has 140 valence electrons. The second kappa shape index (κ2) is 7.67. The van der Waals surface area contributed by atoms with Crippen LogP contribution in [0.2, 0.25) is 0 Å². The van der Waals surface area contributed by atoms with Crippen LogP contribution in [0.4, 0.5) is 5.69 Å². The normalized spacial score (nSPS) is 11.4. The van der Waals surface area contributed by atoms with Gasteiger partial charge >= 0.3 is 5.97 Å². The maximum Gasteiger partial charge on any atom is 0.337 e. The molecule has 1 aromatic carbocycles. The molecule has 0 atom stereocenters. The molecule has 0 unspecified atom stereocenters. The van der Waals surface area contributed by atoms with Crippen LogP contribution in [0.15, 0.2) is 33.7 Å². The van der Waals surface area contributed by atoms with E-state index in [0.29, 0.717) is 11.3 Å². The summed E-state index contributed by atoms with van der Waals surface area (Å²) in [6, 6.07) is 6.03. The zero-order valence-corrected chi connectivity index (χ0v) is 15.6. The highest BCUT2D eigenvalue weighted by Gasteiger charge is 2.29. The lowest BCUT2D eigenvalue weighted by atomic mass is 10.2. The van der Waals surface area contributed by atoms with Crippen LogP contribution in [0, 0.1) is 13.8 Å². The molecule has 1 amide bonds. The zero-order chi connectivity index (χ0) is 19.5. The third-order valence-corrected chi connectivity index (χ3v) is 5.64. The van der Waals surface area contributed by atoms with Crippen LogP contribution in [-0.2, 0) is 19.6 Å². The number of hydrogen-bond acceptors (Lipinski definition) is 7. The Morgan fingerprint density at radius 1 is 1.23 bits per heavy atom. The van der Waals surface area contributed by atoms with E-state index < -0.39 is 28.4 Å². The van der Waals surface area contributed by atoms with E-state index in [0.717, 1.165) is 4.31 Å². The number of ether oxygens (including phenoxy) is 1. The summed E-state index contributed by atoms with van der Waals surface area (Å²) >= 11 is 0. The smallest absolute Gasteiger partial charge is 0.337 e. The van der Waals surface area contributed by atoms with Crippen LogP contribution in [0.3, 0.4) is 0 Å². The largest absolute Gasteiger partial charge is 0.465 e. The van der Waals surface area contributed by atoms with Crippen molar-refractivity contribution < 1.29 is 27.3 Å². The molecule has 0 radical (unpaired) electrons. The fourth-order valence-corrected chi connectivity index (χ4v) is 3.70. The van der Waals surface area contributed by atoms with Gasteiger partial charge < -0.3 is 14.6 Å². The first-order chi connectivity index (χ1) is 12.2. The van der Waals surface area contributed by atoms with Gasteiger partial charge in [-0.1, -0.05) is 5.16 Å². The minimum atomic E-state index is -3.91. The molecular formula is C16H19N3O6S. The first kappa shape index (κ1) is 19.6. The predicted molar refractivity (Wildman–Crippen MR) is 92.2 cm³/mol. The fourth-order valence-electron chi connectivity index (χ4n) is 2.29. The maximum atomic E-state index is 12.6. The van der Waals surface area contributed by atoms with Crippen molar-refractivity contribution in [2.45, 2.75) is 18.7 Å². The van der Waals surface area contributed by atoms with Gasteiger partial charge in [-0.2, -0.15) is 4.31 Å². The summed E-state index contributed by atoms with van der Waals surface area (Å²) in [7, 11) is -1.35. The lowest BCUT2D eigenvalue weighted by molar-refractivity contribution is -0.116. The number of benzene rings is 1. The summed E-state index contributed by atoms with van der Waals surface area (Å²) in [5.74, 6) is -0.866. The van der Waals surface area contributed by atoms with Crippen molar-refractivity contribution in [3.8, 4) is 0 Å². The Bertz CT molecular complexity index is 898. The number of aryl methyl sites for hydroxylation is 2. The van der Waals surface area contributed by atoms with Gasteiger partial charge in [-0.25, -0.2) is 13.2 Å². The lowest BCUT2D eigenvalue weighted by Crippen LogP contribution is -2.35. The zero-order valence-electron chi connectivity index (χ0n) is 14.8. The van der Waals surface area contributed by atoms with Crippen molar-refractivity contribution in [1.29, 1.82) is 0 Å². The number of aromatic nitrogens is 1. The SMILES string of the molecule is COC(=O)c1ccc(NC(=O)CN(C)S(=O)(=O)c2c(C)noc2C)cc1. The van der Waals surface area contributed by atoms with Gasteiger partial charge in [0.05, 0.1) is 19.2 Å². The summed E-state index contributed by atoms with van der Waals surface area (Å²) in [6.07, 6.45) is 0. The number of esters is 1. The third-order valence-electron chi connectivity index (χ3n) is 3.59. The maximum absolute atomic E-state index is 12.6. The molecule has 0 fully saturated rings. The van der Waals surface area contributed by atoms with Gasteiger partial charge in [0.2, 0.25) is 15.9 Å². The lowest BCUT2D eigenvalue weighted by Gasteiger charge is -2.16. The van der Waals surface area contributed by atoms with Gasteiger partial charge in [0.25, 0.3) is 0 Å². The Kier molecular flexibility index (Phi) is 5.78. The highest BCUT2D eigenvalue weighted by molar-refractivity contribution is 7.89. The number of carbonyl (C=O) groups is 2. The quantitative estimate of drug-likeness (QED) is 0.750. The van der Waals surface area contributed by atoms with Gasteiger partial charge in [0, 0.05) is 12.7 Å². The number of sulfonamides is 1. The molecule has 2 aromatic rings. The van der Waals surface area contributed by atoms with Gasteiger partial charge in [-0.15, -0.1) is 0 Å². The Hall–Kier alpha value is -2.72. The highest BCUT2D eigenvalue weighted by atomic mass is 32.2. The van der Waals surface area contributed by atoms with E-state index in [1.807, 2.05) is 0 Å². The Balaban J connectivity index is 2.06.